The van der Waals surface area contributed by atoms with Crippen LogP contribution in [0.3, 0.4) is 0 Å². The standard InChI is InChI=1S/C30H28N2OS/c1-21-13-15-24(16-14-21)32-28(33)26-27(31-29(32)34-20-22-9-3-2-4-10-22)25-12-6-5-11-23(25)19-30(26)17-7-8-18-30/h2-6,9-16H,7-8,17-20H2,1H3. The van der Waals surface area contributed by atoms with E-state index in [1.807, 2.05) is 10.6 Å². The molecule has 0 N–H and O–H groups in total. The highest BCUT2D eigenvalue weighted by Gasteiger charge is 2.44. The molecule has 34 heavy (non-hydrogen) atoms. The lowest BCUT2D eigenvalue weighted by Crippen LogP contribution is -2.40. The van der Waals surface area contributed by atoms with Crippen LogP contribution in [0.15, 0.2) is 88.8 Å². The second-order valence-electron chi connectivity index (χ2n) is 9.69. The number of nitrogens with zero attached hydrogens (tertiary/aromatic N) is 2. The highest BCUT2D eigenvalue weighted by atomic mass is 32.2. The molecule has 0 radical (unpaired) electrons. The molecule has 6 rings (SSSR count). The second-order valence-corrected chi connectivity index (χ2v) is 10.6. The Bertz CT molecular complexity index is 1400. The molecule has 0 bridgehead atoms. The highest BCUT2D eigenvalue weighted by Crippen LogP contribution is 2.50. The van der Waals surface area contributed by atoms with Crippen molar-refractivity contribution in [2.24, 2.45) is 0 Å². The molecule has 170 valence electrons. The zero-order chi connectivity index (χ0) is 23.1. The minimum absolute atomic E-state index is 0.0944. The van der Waals surface area contributed by atoms with Crippen LogP contribution in [0.25, 0.3) is 16.9 Å². The summed E-state index contributed by atoms with van der Waals surface area (Å²) >= 11 is 1.64. The number of rotatable bonds is 4. The molecule has 4 aromatic rings. The monoisotopic (exact) mass is 464 g/mol. The number of fused-ring (bicyclic) bond motifs is 4. The smallest absolute Gasteiger partial charge is 0.263 e. The Kier molecular flexibility index (Phi) is 5.41. The van der Waals surface area contributed by atoms with E-state index in [2.05, 4.69) is 79.7 Å². The molecular formula is C30H28N2OS. The van der Waals surface area contributed by atoms with Crippen LogP contribution in [-0.4, -0.2) is 9.55 Å². The molecule has 1 saturated carbocycles. The van der Waals surface area contributed by atoms with Gasteiger partial charge in [0.05, 0.1) is 16.9 Å². The lowest BCUT2D eigenvalue weighted by Gasteiger charge is -2.36. The van der Waals surface area contributed by atoms with Gasteiger partial charge in [-0.25, -0.2) is 4.98 Å². The first kappa shape index (κ1) is 21.4. The van der Waals surface area contributed by atoms with Gasteiger partial charge in [-0.3, -0.25) is 9.36 Å². The number of aromatic nitrogens is 2. The van der Waals surface area contributed by atoms with E-state index in [1.54, 1.807) is 11.8 Å². The molecule has 1 heterocycles. The van der Waals surface area contributed by atoms with Crippen molar-refractivity contribution in [2.75, 3.05) is 0 Å². The minimum Gasteiger partial charge on any atom is -0.268 e. The molecule has 0 amide bonds. The van der Waals surface area contributed by atoms with Crippen LogP contribution in [0, 0.1) is 6.92 Å². The van der Waals surface area contributed by atoms with Crippen molar-refractivity contribution >= 4 is 11.8 Å². The summed E-state index contributed by atoms with van der Waals surface area (Å²) in [6.45, 7) is 2.08. The molecule has 4 heteroatoms. The third-order valence-electron chi connectivity index (χ3n) is 7.45. The average Bonchev–Trinajstić information content (AvgIpc) is 3.32. The van der Waals surface area contributed by atoms with Crippen LogP contribution in [0.2, 0.25) is 0 Å². The predicted octanol–water partition coefficient (Wildman–Crippen LogP) is 6.87. The third kappa shape index (κ3) is 3.61. The molecule has 1 aromatic heterocycles. The quantitative estimate of drug-likeness (QED) is 0.244. The highest BCUT2D eigenvalue weighted by molar-refractivity contribution is 7.98. The number of thioether (sulfide) groups is 1. The van der Waals surface area contributed by atoms with Crippen molar-refractivity contribution in [1.29, 1.82) is 0 Å². The van der Waals surface area contributed by atoms with Gasteiger partial charge in [-0.1, -0.05) is 96.9 Å². The van der Waals surface area contributed by atoms with Gasteiger partial charge >= 0.3 is 0 Å². The second kappa shape index (κ2) is 8.59. The minimum atomic E-state index is -0.0944. The van der Waals surface area contributed by atoms with Crippen LogP contribution < -0.4 is 5.56 Å². The third-order valence-corrected chi connectivity index (χ3v) is 8.46. The van der Waals surface area contributed by atoms with E-state index in [9.17, 15) is 4.79 Å². The van der Waals surface area contributed by atoms with Gasteiger partial charge in [0.25, 0.3) is 5.56 Å². The van der Waals surface area contributed by atoms with E-state index >= 15 is 0 Å². The van der Waals surface area contributed by atoms with Crippen LogP contribution in [-0.2, 0) is 17.6 Å². The summed E-state index contributed by atoms with van der Waals surface area (Å²) in [4.78, 5) is 19.7. The first-order chi connectivity index (χ1) is 16.6. The average molecular weight is 465 g/mol. The summed E-state index contributed by atoms with van der Waals surface area (Å²) in [6, 6.07) is 27.2. The Morgan fingerprint density at radius 3 is 2.38 bits per heavy atom. The van der Waals surface area contributed by atoms with Crippen molar-refractivity contribution in [1.82, 2.24) is 9.55 Å². The molecule has 3 aromatic carbocycles. The molecule has 0 atom stereocenters. The Labute approximate surface area is 204 Å². The lowest BCUT2D eigenvalue weighted by atomic mass is 9.68. The number of hydrogen-bond donors (Lipinski definition) is 0. The van der Waals surface area contributed by atoms with E-state index < -0.39 is 0 Å². The van der Waals surface area contributed by atoms with Gasteiger partial charge in [-0.05, 0) is 49.4 Å². The molecule has 2 aliphatic carbocycles. The van der Waals surface area contributed by atoms with Crippen molar-refractivity contribution in [2.45, 2.75) is 55.4 Å². The van der Waals surface area contributed by atoms with Gasteiger partial charge < -0.3 is 0 Å². The maximum atomic E-state index is 14.4. The molecule has 1 spiro atoms. The van der Waals surface area contributed by atoms with Gasteiger partial charge in [0.2, 0.25) is 0 Å². The number of aryl methyl sites for hydroxylation is 1. The van der Waals surface area contributed by atoms with E-state index in [1.165, 1.54) is 29.5 Å². The van der Waals surface area contributed by atoms with Crippen molar-refractivity contribution in [3.63, 3.8) is 0 Å². The van der Waals surface area contributed by atoms with E-state index in [-0.39, 0.29) is 11.0 Å². The molecule has 3 nitrogen and oxygen atoms in total. The largest absolute Gasteiger partial charge is 0.268 e. The van der Waals surface area contributed by atoms with E-state index in [0.717, 1.165) is 52.7 Å². The fourth-order valence-corrected chi connectivity index (χ4v) is 6.71. The van der Waals surface area contributed by atoms with Crippen LogP contribution in [0.1, 0.15) is 47.9 Å². The topological polar surface area (TPSA) is 34.9 Å². The van der Waals surface area contributed by atoms with Crippen molar-refractivity contribution in [3.8, 4) is 16.9 Å². The predicted molar refractivity (Wildman–Crippen MR) is 140 cm³/mol. The Balaban J connectivity index is 1.59. The molecular weight excluding hydrogens is 436 g/mol. The maximum Gasteiger partial charge on any atom is 0.263 e. The van der Waals surface area contributed by atoms with Crippen molar-refractivity contribution in [3.05, 3.63) is 111 Å². The lowest BCUT2D eigenvalue weighted by molar-refractivity contribution is 0.422. The molecule has 0 aliphatic heterocycles. The SMILES string of the molecule is Cc1ccc(-n2c(SCc3ccccc3)nc3c(c2=O)C2(CCCC2)Cc2ccccc2-3)cc1. The fraction of sp³-hybridized carbons (Fsp3) is 0.267. The van der Waals surface area contributed by atoms with Crippen molar-refractivity contribution < 1.29 is 0 Å². The van der Waals surface area contributed by atoms with Gasteiger partial charge in [-0.15, -0.1) is 0 Å². The maximum absolute atomic E-state index is 14.4. The summed E-state index contributed by atoms with van der Waals surface area (Å²) in [5.41, 5.74) is 7.63. The Morgan fingerprint density at radius 2 is 1.62 bits per heavy atom. The molecule has 2 aliphatic rings. The molecule has 0 unspecified atom stereocenters. The van der Waals surface area contributed by atoms with Gasteiger partial charge in [0, 0.05) is 16.7 Å². The number of hydrogen-bond acceptors (Lipinski definition) is 3. The van der Waals surface area contributed by atoms with Gasteiger partial charge in [-0.2, -0.15) is 0 Å². The first-order valence-corrected chi connectivity index (χ1v) is 13.1. The zero-order valence-electron chi connectivity index (χ0n) is 19.5. The summed E-state index contributed by atoms with van der Waals surface area (Å²) in [7, 11) is 0. The summed E-state index contributed by atoms with van der Waals surface area (Å²) in [5, 5.41) is 0.765. The molecule has 0 saturated heterocycles. The molecule has 1 fully saturated rings. The van der Waals surface area contributed by atoms with E-state index in [0.29, 0.717) is 0 Å². The van der Waals surface area contributed by atoms with Crippen LogP contribution >= 0.6 is 11.8 Å². The first-order valence-electron chi connectivity index (χ1n) is 12.1. The Hall–Kier alpha value is -3.11. The van der Waals surface area contributed by atoms with Crippen LogP contribution in [0.5, 0.6) is 0 Å². The summed E-state index contributed by atoms with van der Waals surface area (Å²) < 4.78 is 1.87. The Morgan fingerprint density at radius 1 is 0.912 bits per heavy atom. The van der Waals surface area contributed by atoms with E-state index in [4.69, 9.17) is 4.98 Å². The normalized spacial score (nSPS) is 15.8. The number of benzene rings is 3. The summed E-state index contributed by atoms with van der Waals surface area (Å²) in [5.74, 6) is 0.769. The van der Waals surface area contributed by atoms with Crippen LogP contribution in [0.4, 0.5) is 0 Å². The summed E-state index contributed by atoms with van der Waals surface area (Å²) in [6.07, 6.45) is 5.43. The van der Waals surface area contributed by atoms with Gasteiger partial charge in [0.15, 0.2) is 5.16 Å². The fourth-order valence-electron chi connectivity index (χ4n) is 5.75. The van der Waals surface area contributed by atoms with Gasteiger partial charge in [0.1, 0.15) is 0 Å². The zero-order valence-corrected chi connectivity index (χ0v) is 20.3.